The Balaban J connectivity index is 2.02. The Labute approximate surface area is 142 Å². The Morgan fingerprint density at radius 1 is 1.17 bits per heavy atom. The molecule has 0 aromatic heterocycles. The molecule has 0 aliphatic heterocycles. The SMILES string of the molecule is C[C@H](OC(=O)c1cccc(O)c1)C(=O)Nc1cc(Cl)ccc1Cl. The highest BCUT2D eigenvalue weighted by molar-refractivity contribution is 6.35. The van der Waals surface area contributed by atoms with Gasteiger partial charge in [0.1, 0.15) is 5.75 Å². The van der Waals surface area contributed by atoms with Crippen molar-refractivity contribution in [3.63, 3.8) is 0 Å². The van der Waals surface area contributed by atoms with Gasteiger partial charge in [0.05, 0.1) is 16.3 Å². The van der Waals surface area contributed by atoms with Crippen LogP contribution in [0.5, 0.6) is 5.75 Å². The van der Waals surface area contributed by atoms with Gasteiger partial charge >= 0.3 is 5.97 Å². The first-order chi connectivity index (χ1) is 10.9. The molecule has 0 saturated heterocycles. The molecule has 2 rings (SSSR count). The number of hydrogen-bond acceptors (Lipinski definition) is 4. The van der Waals surface area contributed by atoms with E-state index in [0.29, 0.717) is 15.7 Å². The van der Waals surface area contributed by atoms with E-state index in [1.807, 2.05) is 0 Å². The largest absolute Gasteiger partial charge is 0.508 e. The molecule has 2 N–H and O–H groups in total. The van der Waals surface area contributed by atoms with Crippen molar-refractivity contribution >= 4 is 40.8 Å². The molecule has 2 aromatic rings. The molecule has 120 valence electrons. The lowest BCUT2D eigenvalue weighted by Gasteiger charge is -2.14. The van der Waals surface area contributed by atoms with Crippen LogP contribution < -0.4 is 5.32 Å². The molecule has 0 heterocycles. The second-order valence-electron chi connectivity index (χ2n) is 4.71. The van der Waals surface area contributed by atoms with Crippen molar-refractivity contribution in [1.29, 1.82) is 0 Å². The Hall–Kier alpha value is -2.24. The number of phenols is 1. The molecule has 0 spiro atoms. The van der Waals surface area contributed by atoms with Crippen LogP contribution in [0.2, 0.25) is 10.0 Å². The number of rotatable bonds is 4. The Kier molecular flexibility index (Phi) is 5.47. The van der Waals surface area contributed by atoms with E-state index >= 15 is 0 Å². The van der Waals surface area contributed by atoms with Gasteiger partial charge in [-0.15, -0.1) is 0 Å². The maximum atomic E-state index is 12.1. The van der Waals surface area contributed by atoms with E-state index < -0.39 is 18.0 Å². The number of carbonyl (C=O) groups is 2. The highest BCUT2D eigenvalue weighted by Crippen LogP contribution is 2.25. The number of aromatic hydroxyl groups is 1. The zero-order valence-corrected chi connectivity index (χ0v) is 13.6. The van der Waals surface area contributed by atoms with E-state index in [1.54, 1.807) is 12.1 Å². The Morgan fingerprint density at radius 3 is 2.61 bits per heavy atom. The topological polar surface area (TPSA) is 75.6 Å². The lowest BCUT2D eigenvalue weighted by molar-refractivity contribution is -0.123. The summed E-state index contributed by atoms with van der Waals surface area (Å²) in [5, 5.41) is 12.6. The summed E-state index contributed by atoms with van der Waals surface area (Å²) in [4.78, 5) is 24.0. The third-order valence-electron chi connectivity index (χ3n) is 2.92. The number of benzene rings is 2. The molecule has 23 heavy (non-hydrogen) atoms. The second kappa shape index (κ2) is 7.35. The summed E-state index contributed by atoms with van der Waals surface area (Å²) in [6.07, 6.45) is -1.06. The average molecular weight is 354 g/mol. The predicted molar refractivity (Wildman–Crippen MR) is 88.1 cm³/mol. The van der Waals surface area contributed by atoms with Gasteiger partial charge in [0.2, 0.25) is 0 Å². The van der Waals surface area contributed by atoms with Gasteiger partial charge in [0.25, 0.3) is 5.91 Å². The number of anilines is 1. The molecule has 0 aliphatic rings. The molecule has 0 aliphatic carbocycles. The van der Waals surface area contributed by atoms with Crippen LogP contribution in [0.3, 0.4) is 0 Å². The number of amides is 1. The van der Waals surface area contributed by atoms with Gasteiger partial charge in [0.15, 0.2) is 6.10 Å². The van der Waals surface area contributed by atoms with E-state index in [1.165, 1.54) is 37.3 Å². The summed E-state index contributed by atoms with van der Waals surface area (Å²) in [7, 11) is 0. The maximum absolute atomic E-state index is 12.1. The van der Waals surface area contributed by atoms with Crippen molar-refractivity contribution in [2.75, 3.05) is 5.32 Å². The fourth-order valence-electron chi connectivity index (χ4n) is 1.74. The van der Waals surface area contributed by atoms with E-state index in [0.717, 1.165) is 0 Å². The fraction of sp³-hybridized carbons (Fsp3) is 0.125. The molecular formula is C16H13Cl2NO4. The van der Waals surface area contributed by atoms with E-state index in [4.69, 9.17) is 27.9 Å². The Morgan fingerprint density at radius 2 is 1.91 bits per heavy atom. The second-order valence-corrected chi connectivity index (χ2v) is 5.55. The first kappa shape index (κ1) is 17.1. The molecule has 0 bridgehead atoms. The van der Waals surface area contributed by atoms with E-state index in [9.17, 15) is 14.7 Å². The summed E-state index contributed by atoms with van der Waals surface area (Å²) in [5.41, 5.74) is 0.467. The summed E-state index contributed by atoms with van der Waals surface area (Å²) < 4.78 is 5.06. The molecule has 0 radical (unpaired) electrons. The first-order valence-electron chi connectivity index (χ1n) is 6.63. The molecule has 5 nitrogen and oxygen atoms in total. The molecule has 2 aromatic carbocycles. The van der Waals surface area contributed by atoms with Gasteiger partial charge in [-0.2, -0.15) is 0 Å². The van der Waals surface area contributed by atoms with Crippen LogP contribution in [0.25, 0.3) is 0 Å². The summed E-state index contributed by atoms with van der Waals surface area (Å²) >= 11 is 11.8. The minimum Gasteiger partial charge on any atom is -0.508 e. The average Bonchev–Trinajstić information content (AvgIpc) is 2.50. The van der Waals surface area contributed by atoms with Crippen molar-refractivity contribution in [2.45, 2.75) is 13.0 Å². The summed E-state index contributed by atoms with van der Waals surface area (Å²) in [5.74, 6) is -1.34. The van der Waals surface area contributed by atoms with Crippen molar-refractivity contribution in [3.05, 3.63) is 58.1 Å². The molecular weight excluding hydrogens is 341 g/mol. The van der Waals surface area contributed by atoms with Crippen LogP contribution in [0.1, 0.15) is 17.3 Å². The zero-order valence-electron chi connectivity index (χ0n) is 12.0. The number of nitrogens with one attached hydrogen (secondary N) is 1. The van der Waals surface area contributed by atoms with Gasteiger partial charge in [0, 0.05) is 5.02 Å². The van der Waals surface area contributed by atoms with Crippen molar-refractivity contribution < 1.29 is 19.4 Å². The first-order valence-corrected chi connectivity index (χ1v) is 7.38. The lowest BCUT2D eigenvalue weighted by Crippen LogP contribution is -2.30. The standard InChI is InChI=1S/C16H13Cl2NO4/c1-9(23-16(22)10-3-2-4-12(20)7-10)15(21)19-14-8-11(17)5-6-13(14)18/h2-9,20H,1H3,(H,19,21)/t9-/m0/s1. The third kappa shape index (κ3) is 4.61. The highest BCUT2D eigenvalue weighted by Gasteiger charge is 2.20. The predicted octanol–water partition coefficient (Wildman–Crippen LogP) is 3.88. The number of phenolic OH excluding ortho intramolecular Hbond substituents is 1. The van der Waals surface area contributed by atoms with Crippen LogP contribution >= 0.6 is 23.2 Å². The van der Waals surface area contributed by atoms with Crippen LogP contribution in [0, 0.1) is 0 Å². The quantitative estimate of drug-likeness (QED) is 0.817. The summed E-state index contributed by atoms with van der Waals surface area (Å²) in [6, 6.07) is 10.3. The van der Waals surface area contributed by atoms with Crippen molar-refractivity contribution in [1.82, 2.24) is 0 Å². The lowest BCUT2D eigenvalue weighted by atomic mass is 10.2. The normalized spacial score (nSPS) is 11.6. The molecule has 0 saturated carbocycles. The van der Waals surface area contributed by atoms with E-state index in [2.05, 4.69) is 5.32 Å². The Bertz CT molecular complexity index is 749. The number of ether oxygens (including phenoxy) is 1. The molecule has 7 heteroatoms. The third-order valence-corrected chi connectivity index (χ3v) is 3.49. The number of carbonyl (C=O) groups excluding carboxylic acids is 2. The van der Waals surface area contributed by atoms with Crippen LogP contribution in [0.4, 0.5) is 5.69 Å². The number of esters is 1. The maximum Gasteiger partial charge on any atom is 0.339 e. The molecule has 0 unspecified atom stereocenters. The van der Waals surface area contributed by atoms with Gasteiger partial charge in [-0.1, -0.05) is 29.3 Å². The van der Waals surface area contributed by atoms with Crippen LogP contribution in [-0.4, -0.2) is 23.1 Å². The van der Waals surface area contributed by atoms with Crippen molar-refractivity contribution in [3.8, 4) is 5.75 Å². The van der Waals surface area contributed by atoms with E-state index in [-0.39, 0.29) is 11.3 Å². The minimum absolute atomic E-state index is 0.0673. The van der Waals surface area contributed by atoms with Gasteiger partial charge < -0.3 is 15.2 Å². The fourth-order valence-corrected chi connectivity index (χ4v) is 2.08. The smallest absolute Gasteiger partial charge is 0.339 e. The van der Waals surface area contributed by atoms with Gasteiger partial charge in [-0.05, 0) is 43.3 Å². The van der Waals surface area contributed by atoms with Gasteiger partial charge in [-0.25, -0.2) is 4.79 Å². The van der Waals surface area contributed by atoms with Crippen LogP contribution in [0.15, 0.2) is 42.5 Å². The number of halogens is 2. The molecule has 1 atom stereocenters. The highest BCUT2D eigenvalue weighted by atomic mass is 35.5. The minimum atomic E-state index is -1.06. The zero-order chi connectivity index (χ0) is 17.0. The summed E-state index contributed by atoms with van der Waals surface area (Å²) in [6.45, 7) is 1.43. The van der Waals surface area contributed by atoms with Crippen LogP contribution in [-0.2, 0) is 9.53 Å². The molecule has 0 fully saturated rings. The van der Waals surface area contributed by atoms with Crippen molar-refractivity contribution in [2.24, 2.45) is 0 Å². The monoisotopic (exact) mass is 353 g/mol. The van der Waals surface area contributed by atoms with Gasteiger partial charge in [-0.3, -0.25) is 4.79 Å². The number of hydrogen-bond donors (Lipinski definition) is 2. The molecule has 1 amide bonds.